The van der Waals surface area contributed by atoms with Gasteiger partial charge in [0.25, 0.3) is 0 Å². The van der Waals surface area contributed by atoms with Crippen LogP contribution in [0, 0.1) is 5.82 Å². The molecule has 2 rings (SSSR count). The molecular formula is C12H14FN3O3. The lowest BCUT2D eigenvalue weighted by atomic mass is 10.1. The van der Waals surface area contributed by atoms with Gasteiger partial charge < -0.3 is 20.3 Å². The van der Waals surface area contributed by atoms with Crippen LogP contribution in [0.2, 0.25) is 0 Å². The van der Waals surface area contributed by atoms with E-state index in [1.807, 2.05) is 0 Å². The molecule has 6 nitrogen and oxygen atoms in total. The summed E-state index contributed by atoms with van der Waals surface area (Å²) in [6, 6.07) is 2.63. The molecule has 0 unspecified atom stereocenters. The van der Waals surface area contributed by atoms with Crippen LogP contribution < -0.4 is 15.2 Å². The van der Waals surface area contributed by atoms with Crippen molar-refractivity contribution < 1.29 is 19.0 Å². The van der Waals surface area contributed by atoms with E-state index in [1.165, 1.54) is 25.0 Å². The molecule has 0 atom stereocenters. The second kappa shape index (κ2) is 4.68. The summed E-state index contributed by atoms with van der Waals surface area (Å²) in [4.78, 5) is 0. The molecule has 7 heteroatoms. The maximum atomic E-state index is 14.1. The molecule has 0 saturated carbocycles. The molecular weight excluding hydrogens is 253 g/mol. The highest BCUT2D eigenvalue weighted by Crippen LogP contribution is 2.43. The highest BCUT2D eigenvalue weighted by molar-refractivity contribution is 5.75. The van der Waals surface area contributed by atoms with E-state index in [0.717, 1.165) is 6.07 Å². The van der Waals surface area contributed by atoms with Crippen molar-refractivity contribution in [1.29, 1.82) is 0 Å². The summed E-state index contributed by atoms with van der Waals surface area (Å²) in [6.45, 7) is 0. The first-order valence-electron chi connectivity index (χ1n) is 5.43. The molecule has 0 aliphatic carbocycles. The number of halogens is 1. The Labute approximate surface area is 109 Å². The summed E-state index contributed by atoms with van der Waals surface area (Å²) in [5, 5.41) is 13.7. The van der Waals surface area contributed by atoms with Gasteiger partial charge in [0.1, 0.15) is 11.5 Å². The standard InChI is InChI=1S/C12H14FN3O3/c1-16-9(14)4-6(15-16)10-11(13)7(17)5-8(18-2)12(10)19-3/h4-5,17H,14H2,1-3H3. The molecule has 1 aromatic carbocycles. The van der Waals surface area contributed by atoms with Crippen molar-refractivity contribution in [2.75, 3.05) is 20.0 Å². The fourth-order valence-corrected chi connectivity index (χ4v) is 1.79. The quantitative estimate of drug-likeness (QED) is 0.881. The number of phenols is 1. The minimum absolute atomic E-state index is 0.00616. The predicted octanol–water partition coefficient (Wildman–Crippen LogP) is 1.53. The number of hydrogen-bond acceptors (Lipinski definition) is 5. The molecule has 1 heterocycles. The van der Waals surface area contributed by atoms with Gasteiger partial charge in [-0.25, -0.2) is 4.39 Å². The largest absolute Gasteiger partial charge is 0.505 e. The van der Waals surface area contributed by atoms with Crippen molar-refractivity contribution in [3.05, 3.63) is 17.9 Å². The lowest BCUT2D eigenvalue weighted by Gasteiger charge is -2.13. The first kappa shape index (κ1) is 13.0. The van der Waals surface area contributed by atoms with Crippen LogP contribution in [0.25, 0.3) is 11.3 Å². The molecule has 1 aromatic heterocycles. The Balaban J connectivity index is 2.76. The van der Waals surface area contributed by atoms with Gasteiger partial charge in [0, 0.05) is 19.2 Å². The topological polar surface area (TPSA) is 82.5 Å². The fourth-order valence-electron chi connectivity index (χ4n) is 1.79. The monoisotopic (exact) mass is 267 g/mol. The molecule has 0 fully saturated rings. The number of aryl methyl sites for hydroxylation is 1. The number of aromatic hydroxyl groups is 1. The Morgan fingerprint density at radius 2 is 2.00 bits per heavy atom. The van der Waals surface area contributed by atoms with E-state index in [9.17, 15) is 9.50 Å². The van der Waals surface area contributed by atoms with Crippen molar-refractivity contribution in [1.82, 2.24) is 9.78 Å². The van der Waals surface area contributed by atoms with Gasteiger partial charge in [0.2, 0.25) is 0 Å². The van der Waals surface area contributed by atoms with Gasteiger partial charge >= 0.3 is 0 Å². The highest BCUT2D eigenvalue weighted by Gasteiger charge is 2.23. The first-order valence-corrected chi connectivity index (χ1v) is 5.43. The maximum absolute atomic E-state index is 14.1. The zero-order valence-electron chi connectivity index (χ0n) is 10.8. The normalized spacial score (nSPS) is 10.5. The summed E-state index contributed by atoms with van der Waals surface area (Å²) in [6.07, 6.45) is 0. The molecule has 0 bridgehead atoms. The third kappa shape index (κ3) is 2.03. The van der Waals surface area contributed by atoms with Crippen LogP contribution in [0.5, 0.6) is 17.2 Å². The Kier molecular flexibility index (Phi) is 3.20. The van der Waals surface area contributed by atoms with Gasteiger partial charge in [-0.3, -0.25) is 4.68 Å². The van der Waals surface area contributed by atoms with Crippen LogP contribution in [0.3, 0.4) is 0 Å². The number of anilines is 1. The summed E-state index contributed by atoms with van der Waals surface area (Å²) in [5.74, 6) is -0.664. The van der Waals surface area contributed by atoms with Crippen LogP contribution in [0.15, 0.2) is 12.1 Å². The van der Waals surface area contributed by atoms with E-state index in [-0.39, 0.29) is 22.8 Å². The number of nitrogens with two attached hydrogens (primary N) is 1. The average Bonchev–Trinajstić information content (AvgIpc) is 2.71. The van der Waals surface area contributed by atoms with E-state index < -0.39 is 11.6 Å². The van der Waals surface area contributed by atoms with Crippen LogP contribution in [-0.4, -0.2) is 29.1 Å². The Morgan fingerprint density at radius 3 is 2.47 bits per heavy atom. The van der Waals surface area contributed by atoms with Crippen LogP contribution in [0.1, 0.15) is 0 Å². The van der Waals surface area contributed by atoms with Crippen molar-refractivity contribution in [2.24, 2.45) is 7.05 Å². The molecule has 2 aromatic rings. The lowest BCUT2D eigenvalue weighted by molar-refractivity contribution is 0.346. The molecule has 0 saturated heterocycles. The number of ether oxygens (including phenoxy) is 2. The second-order valence-corrected chi connectivity index (χ2v) is 3.90. The predicted molar refractivity (Wildman–Crippen MR) is 67.8 cm³/mol. The van der Waals surface area contributed by atoms with Crippen LogP contribution in [0.4, 0.5) is 10.2 Å². The van der Waals surface area contributed by atoms with Crippen molar-refractivity contribution in [3.8, 4) is 28.5 Å². The van der Waals surface area contributed by atoms with Gasteiger partial charge in [-0.05, 0) is 0 Å². The molecule has 3 N–H and O–H groups in total. The fraction of sp³-hybridized carbons (Fsp3) is 0.250. The number of aromatic nitrogens is 2. The van der Waals surface area contributed by atoms with E-state index in [4.69, 9.17) is 15.2 Å². The Morgan fingerprint density at radius 1 is 1.32 bits per heavy atom. The van der Waals surface area contributed by atoms with E-state index >= 15 is 0 Å². The van der Waals surface area contributed by atoms with E-state index in [1.54, 1.807) is 7.05 Å². The molecule has 0 aliphatic heterocycles. The van der Waals surface area contributed by atoms with Crippen LogP contribution in [-0.2, 0) is 7.05 Å². The highest BCUT2D eigenvalue weighted by atomic mass is 19.1. The van der Waals surface area contributed by atoms with E-state index in [2.05, 4.69) is 5.10 Å². The Hall–Kier alpha value is -2.44. The number of benzene rings is 1. The third-order valence-corrected chi connectivity index (χ3v) is 2.76. The molecule has 102 valence electrons. The van der Waals surface area contributed by atoms with E-state index in [0.29, 0.717) is 5.82 Å². The molecule has 19 heavy (non-hydrogen) atoms. The number of hydrogen-bond donors (Lipinski definition) is 2. The molecule has 0 aliphatic rings. The minimum atomic E-state index is -0.837. The van der Waals surface area contributed by atoms with Crippen molar-refractivity contribution in [2.45, 2.75) is 0 Å². The van der Waals surface area contributed by atoms with Crippen LogP contribution >= 0.6 is 0 Å². The summed E-state index contributed by atoms with van der Waals surface area (Å²) < 4.78 is 25.7. The van der Waals surface area contributed by atoms with Gasteiger partial charge in [0.15, 0.2) is 23.1 Å². The number of nitrogen functional groups attached to an aromatic ring is 1. The number of nitrogens with zero attached hydrogens (tertiary/aromatic N) is 2. The van der Waals surface area contributed by atoms with Gasteiger partial charge in [-0.2, -0.15) is 5.10 Å². The molecule has 0 amide bonds. The van der Waals surface area contributed by atoms with Crippen molar-refractivity contribution in [3.63, 3.8) is 0 Å². The number of methoxy groups -OCH3 is 2. The lowest BCUT2D eigenvalue weighted by Crippen LogP contribution is -1.99. The summed E-state index contributed by atoms with van der Waals surface area (Å²) >= 11 is 0. The van der Waals surface area contributed by atoms with Gasteiger partial charge in [-0.1, -0.05) is 0 Å². The summed E-state index contributed by atoms with van der Waals surface area (Å²) in [5.41, 5.74) is 5.93. The maximum Gasteiger partial charge on any atom is 0.178 e. The zero-order valence-corrected chi connectivity index (χ0v) is 10.8. The minimum Gasteiger partial charge on any atom is -0.505 e. The average molecular weight is 267 g/mol. The summed E-state index contributed by atoms with van der Waals surface area (Å²) in [7, 11) is 4.40. The SMILES string of the molecule is COc1cc(O)c(F)c(-c2cc(N)n(C)n2)c1OC. The third-order valence-electron chi connectivity index (χ3n) is 2.76. The van der Waals surface area contributed by atoms with Gasteiger partial charge in [0.05, 0.1) is 19.8 Å². The van der Waals surface area contributed by atoms with Crippen molar-refractivity contribution >= 4 is 5.82 Å². The first-order chi connectivity index (χ1) is 8.99. The second-order valence-electron chi connectivity index (χ2n) is 3.90. The number of phenolic OH excluding ortho intramolecular Hbond substituents is 1. The Bertz CT molecular complexity index is 606. The molecule has 0 radical (unpaired) electrons. The zero-order chi connectivity index (χ0) is 14.2. The number of rotatable bonds is 3. The molecule has 0 spiro atoms. The smallest absolute Gasteiger partial charge is 0.178 e. The van der Waals surface area contributed by atoms with Gasteiger partial charge in [-0.15, -0.1) is 0 Å².